The maximum absolute atomic E-state index is 2.47. The highest BCUT2D eigenvalue weighted by Gasteiger charge is 2.42. The van der Waals surface area contributed by atoms with Crippen molar-refractivity contribution < 1.29 is 4.58 Å². The van der Waals surface area contributed by atoms with Crippen LogP contribution in [0.5, 0.6) is 0 Å². The van der Waals surface area contributed by atoms with Gasteiger partial charge in [-0.15, -0.1) is 0 Å². The van der Waals surface area contributed by atoms with Crippen LogP contribution in [0, 0.1) is 0 Å². The Labute approximate surface area is 151 Å². The summed E-state index contributed by atoms with van der Waals surface area (Å²) in [7, 11) is 0. The smallest absolute Gasteiger partial charge is 0.167 e. The Morgan fingerprint density at radius 3 is 1.68 bits per heavy atom. The normalized spacial score (nSPS) is 20.3. The number of hydrogen-bond donors (Lipinski definition) is 0. The van der Waals surface area contributed by atoms with Crippen molar-refractivity contribution in [1.29, 1.82) is 0 Å². The average Bonchev–Trinajstić information content (AvgIpc) is 2.67. The lowest BCUT2D eigenvalue weighted by molar-refractivity contribution is -0.515. The third-order valence-corrected chi connectivity index (χ3v) is 5.92. The molecular weight excluding hydrogens is 302 g/mol. The Kier molecular flexibility index (Phi) is 4.33. The minimum atomic E-state index is 0.402. The van der Waals surface area contributed by atoms with Crippen LogP contribution >= 0.6 is 0 Å². The van der Waals surface area contributed by atoms with E-state index in [9.17, 15) is 0 Å². The zero-order valence-corrected chi connectivity index (χ0v) is 15.6. The van der Waals surface area contributed by atoms with E-state index in [-0.39, 0.29) is 0 Å². The number of nitrogens with zero attached hydrogens (tertiary/aromatic N) is 1. The van der Waals surface area contributed by atoms with Crippen LogP contribution in [0.25, 0.3) is 0 Å². The molecule has 2 bridgehead atoms. The summed E-state index contributed by atoms with van der Waals surface area (Å²) in [5.41, 5.74) is 9.32. The highest BCUT2D eigenvalue weighted by atomic mass is 15.0. The highest BCUT2D eigenvalue weighted by molar-refractivity contribution is 5.85. The minimum Gasteiger partial charge on any atom is -0.236 e. The Bertz CT molecular complexity index is 802. The van der Waals surface area contributed by atoms with Crippen molar-refractivity contribution in [1.82, 2.24) is 0 Å². The van der Waals surface area contributed by atoms with Gasteiger partial charge in [0.2, 0.25) is 0 Å². The summed E-state index contributed by atoms with van der Waals surface area (Å²) in [5, 5.41) is 0. The molecule has 0 unspecified atom stereocenters. The van der Waals surface area contributed by atoms with E-state index in [0.29, 0.717) is 11.8 Å². The van der Waals surface area contributed by atoms with Gasteiger partial charge in [-0.25, -0.2) is 4.58 Å². The van der Waals surface area contributed by atoms with Gasteiger partial charge >= 0.3 is 0 Å². The van der Waals surface area contributed by atoms with Crippen LogP contribution in [0.3, 0.4) is 0 Å². The molecule has 3 aliphatic rings. The molecule has 0 aliphatic heterocycles. The van der Waals surface area contributed by atoms with Crippen LogP contribution in [0.2, 0.25) is 0 Å². The SMILES string of the molecule is CCCC1=C(C=[N+](CC)CC)C2c3ccccc3C1c1ccccc12. The van der Waals surface area contributed by atoms with E-state index in [0.717, 1.165) is 13.1 Å². The van der Waals surface area contributed by atoms with Crippen molar-refractivity contribution in [3.05, 3.63) is 81.9 Å². The molecule has 2 aromatic rings. The zero-order valence-electron chi connectivity index (χ0n) is 15.6. The average molecular weight is 330 g/mol. The Morgan fingerprint density at radius 2 is 1.24 bits per heavy atom. The Morgan fingerprint density at radius 1 is 0.760 bits per heavy atom. The third-order valence-electron chi connectivity index (χ3n) is 5.92. The number of benzene rings is 2. The molecule has 0 radical (unpaired) electrons. The fourth-order valence-electron chi connectivity index (χ4n) is 4.79. The molecule has 0 saturated heterocycles. The first-order valence-electron chi connectivity index (χ1n) is 9.79. The molecule has 0 amide bonds. The third kappa shape index (κ3) is 2.49. The molecule has 1 nitrogen and oxygen atoms in total. The topological polar surface area (TPSA) is 3.01 Å². The summed E-state index contributed by atoms with van der Waals surface area (Å²) in [6.07, 6.45) is 4.87. The van der Waals surface area contributed by atoms with Crippen molar-refractivity contribution in [2.45, 2.75) is 45.4 Å². The Hall–Kier alpha value is -2.15. The van der Waals surface area contributed by atoms with Gasteiger partial charge in [0.1, 0.15) is 13.1 Å². The maximum Gasteiger partial charge on any atom is 0.167 e. The lowest BCUT2D eigenvalue weighted by atomic mass is 9.60. The van der Waals surface area contributed by atoms with Gasteiger partial charge in [-0.1, -0.05) is 61.9 Å². The van der Waals surface area contributed by atoms with Crippen molar-refractivity contribution in [3.63, 3.8) is 0 Å². The second-order valence-electron chi connectivity index (χ2n) is 7.20. The van der Waals surface area contributed by atoms with Crippen molar-refractivity contribution in [2.75, 3.05) is 13.1 Å². The van der Waals surface area contributed by atoms with Crippen LogP contribution in [-0.2, 0) is 0 Å². The Balaban J connectivity index is 1.99. The fourth-order valence-corrected chi connectivity index (χ4v) is 4.79. The summed E-state index contributed by atoms with van der Waals surface area (Å²) >= 11 is 0. The highest BCUT2D eigenvalue weighted by Crippen LogP contribution is 2.55. The van der Waals surface area contributed by atoms with Crippen LogP contribution < -0.4 is 0 Å². The number of allylic oxidation sites excluding steroid dienone is 2. The van der Waals surface area contributed by atoms with E-state index in [1.54, 1.807) is 11.1 Å². The predicted octanol–water partition coefficient (Wildman–Crippen LogP) is 5.50. The predicted molar refractivity (Wildman–Crippen MR) is 106 cm³/mol. The fraction of sp³-hybridized carbons (Fsp3) is 0.375. The van der Waals surface area contributed by atoms with Gasteiger partial charge in [0.25, 0.3) is 0 Å². The first-order chi connectivity index (χ1) is 12.3. The summed E-state index contributed by atoms with van der Waals surface area (Å²) < 4.78 is 2.46. The zero-order chi connectivity index (χ0) is 17.4. The van der Waals surface area contributed by atoms with E-state index >= 15 is 0 Å². The van der Waals surface area contributed by atoms with Crippen LogP contribution in [0.15, 0.2) is 59.7 Å². The minimum absolute atomic E-state index is 0.402. The molecule has 0 saturated carbocycles. The lowest BCUT2D eigenvalue weighted by Crippen LogP contribution is -2.30. The quantitative estimate of drug-likeness (QED) is 0.503. The van der Waals surface area contributed by atoms with E-state index in [2.05, 4.69) is 80.1 Å². The second-order valence-corrected chi connectivity index (χ2v) is 7.20. The molecule has 0 spiro atoms. The standard InChI is InChI=1S/C24H28N/c1-4-11-17-22(16-25(5-2)6-3)24-20-14-9-7-12-18(20)23(17)19-13-8-10-15-21(19)24/h7-10,12-16,23-24H,4-6,11H2,1-3H3/q+1. The molecule has 0 aromatic heterocycles. The maximum atomic E-state index is 2.47. The molecule has 25 heavy (non-hydrogen) atoms. The molecule has 1 heteroatoms. The van der Waals surface area contributed by atoms with Gasteiger partial charge in [0.15, 0.2) is 6.21 Å². The number of rotatable bonds is 5. The summed E-state index contributed by atoms with van der Waals surface area (Å²) in [6, 6.07) is 18.2. The molecule has 3 aliphatic carbocycles. The first kappa shape index (κ1) is 16.3. The molecule has 2 aromatic carbocycles. The van der Waals surface area contributed by atoms with E-state index < -0.39 is 0 Å². The van der Waals surface area contributed by atoms with Crippen molar-refractivity contribution in [2.24, 2.45) is 0 Å². The van der Waals surface area contributed by atoms with Crippen LogP contribution in [0.4, 0.5) is 0 Å². The summed E-state index contributed by atoms with van der Waals surface area (Å²) in [5.74, 6) is 0.846. The van der Waals surface area contributed by atoms with E-state index in [1.165, 1.54) is 35.1 Å². The van der Waals surface area contributed by atoms with Gasteiger partial charge in [-0.2, -0.15) is 0 Å². The molecule has 5 rings (SSSR count). The number of hydrogen-bond acceptors (Lipinski definition) is 0. The van der Waals surface area contributed by atoms with Gasteiger partial charge < -0.3 is 0 Å². The van der Waals surface area contributed by atoms with Crippen LogP contribution in [0.1, 0.15) is 67.7 Å². The van der Waals surface area contributed by atoms with Gasteiger partial charge in [-0.05, 0) is 48.1 Å². The largest absolute Gasteiger partial charge is 0.236 e. The summed E-state index contributed by atoms with van der Waals surface area (Å²) in [4.78, 5) is 0. The van der Waals surface area contributed by atoms with E-state index in [4.69, 9.17) is 0 Å². The molecule has 128 valence electrons. The van der Waals surface area contributed by atoms with Gasteiger partial charge in [0.05, 0.1) is 0 Å². The van der Waals surface area contributed by atoms with Gasteiger partial charge in [-0.3, -0.25) is 0 Å². The lowest BCUT2D eigenvalue weighted by Gasteiger charge is -2.42. The molecule has 0 atom stereocenters. The van der Waals surface area contributed by atoms with Gasteiger partial charge in [0, 0.05) is 17.4 Å². The first-order valence-corrected chi connectivity index (χ1v) is 9.79. The molecule has 0 heterocycles. The molecular formula is C24H28N+. The monoisotopic (exact) mass is 330 g/mol. The molecule has 0 N–H and O–H groups in total. The second kappa shape index (κ2) is 6.63. The molecule has 0 fully saturated rings. The van der Waals surface area contributed by atoms with E-state index in [1.807, 2.05) is 0 Å². The van der Waals surface area contributed by atoms with Crippen molar-refractivity contribution in [3.8, 4) is 0 Å². The van der Waals surface area contributed by atoms with Crippen LogP contribution in [-0.4, -0.2) is 23.9 Å². The van der Waals surface area contributed by atoms with Crippen molar-refractivity contribution >= 4 is 6.21 Å². The summed E-state index contributed by atoms with van der Waals surface area (Å²) in [6.45, 7) is 8.95.